The van der Waals surface area contributed by atoms with Gasteiger partial charge in [-0.2, -0.15) is 0 Å². The Morgan fingerprint density at radius 3 is 2.04 bits per heavy atom. The Kier molecular flexibility index (Phi) is 6.62. The molecule has 0 N–H and O–H groups in total. The van der Waals surface area contributed by atoms with E-state index >= 15 is 0 Å². The Morgan fingerprint density at radius 1 is 0.453 bits per heavy atom. The third kappa shape index (κ3) is 4.86. The highest BCUT2D eigenvalue weighted by Gasteiger charge is 2.19. The van der Waals surface area contributed by atoms with Crippen LogP contribution in [-0.2, 0) is 0 Å². The van der Waals surface area contributed by atoms with Crippen molar-refractivity contribution in [3.8, 4) is 51.3 Å². The van der Waals surface area contributed by atoms with Crippen molar-refractivity contribution in [2.75, 3.05) is 0 Å². The molecule has 0 aliphatic heterocycles. The fourth-order valence-electron chi connectivity index (χ4n) is 7.45. The lowest BCUT2D eigenvalue weighted by Crippen LogP contribution is -2.00. The number of benzene rings is 7. The molecule has 0 aliphatic rings. The molecule has 7 aromatic carbocycles. The minimum atomic E-state index is 0.615. The second-order valence-electron chi connectivity index (χ2n) is 13.1. The van der Waals surface area contributed by atoms with E-state index in [1.165, 1.54) is 5.39 Å². The Hall–Kier alpha value is -6.96. The zero-order valence-corrected chi connectivity index (χ0v) is 29.0. The van der Waals surface area contributed by atoms with Gasteiger partial charge in [0.1, 0.15) is 5.52 Å². The molecule has 0 unspecified atom stereocenters. The van der Waals surface area contributed by atoms with Crippen LogP contribution >= 0.6 is 11.3 Å². The molecule has 0 amide bonds. The van der Waals surface area contributed by atoms with Gasteiger partial charge in [0.2, 0.25) is 5.89 Å². The van der Waals surface area contributed by atoms with Crippen molar-refractivity contribution in [2.45, 2.75) is 0 Å². The van der Waals surface area contributed by atoms with Gasteiger partial charge in [0.25, 0.3) is 0 Å². The molecule has 4 aromatic heterocycles. The lowest BCUT2D eigenvalue weighted by Gasteiger charge is -2.10. The van der Waals surface area contributed by atoms with Gasteiger partial charge in [0.05, 0.1) is 11.0 Å². The number of aromatic nitrogens is 5. The van der Waals surface area contributed by atoms with E-state index in [1.54, 1.807) is 11.3 Å². The summed E-state index contributed by atoms with van der Waals surface area (Å²) < 4.78 is 10.7. The number of oxazole rings is 1. The molecule has 4 heterocycles. The van der Waals surface area contributed by atoms with Gasteiger partial charge in [0, 0.05) is 58.9 Å². The van der Waals surface area contributed by atoms with E-state index < -0.39 is 0 Å². The molecule has 0 radical (unpaired) electrons. The third-order valence-electron chi connectivity index (χ3n) is 9.89. The van der Waals surface area contributed by atoms with E-state index in [0.29, 0.717) is 23.4 Å². The van der Waals surface area contributed by atoms with Crippen molar-refractivity contribution < 1.29 is 4.42 Å². The lowest BCUT2D eigenvalue weighted by molar-refractivity contribution is 0.620. The predicted molar refractivity (Wildman–Crippen MR) is 216 cm³/mol. The van der Waals surface area contributed by atoms with Crippen LogP contribution in [-0.4, -0.2) is 24.5 Å². The molecule has 53 heavy (non-hydrogen) atoms. The highest BCUT2D eigenvalue weighted by molar-refractivity contribution is 7.26. The molecule has 0 saturated carbocycles. The van der Waals surface area contributed by atoms with Crippen LogP contribution < -0.4 is 0 Å². The number of para-hydroxylation sites is 4. The molecule has 11 aromatic rings. The summed E-state index contributed by atoms with van der Waals surface area (Å²) in [5.74, 6) is 2.51. The van der Waals surface area contributed by atoms with Gasteiger partial charge in [0.15, 0.2) is 23.1 Å². The van der Waals surface area contributed by atoms with Crippen LogP contribution in [0.1, 0.15) is 0 Å². The molecule has 0 saturated heterocycles. The zero-order chi connectivity index (χ0) is 34.9. The van der Waals surface area contributed by atoms with Gasteiger partial charge in [-0.1, -0.05) is 97.1 Å². The summed E-state index contributed by atoms with van der Waals surface area (Å²) in [4.78, 5) is 20.2. The first-order chi connectivity index (χ1) is 26.2. The summed E-state index contributed by atoms with van der Waals surface area (Å²) in [6, 6.07) is 56.4. The van der Waals surface area contributed by atoms with E-state index in [9.17, 15) is 0 Å². The Bertz CT molecular complexity index is 3150. The van der Waals surface area contributed by atoms with Gasteiger partial charge in [-0.3, -0.25) is 0 Å². The monoisotopic (exact) mass is 697 g/mol. The van der Waals surface area contributed by atoms with Gasteiger partial charge in [-0.15, -0.1) is 11.3 Å². The Morgan fingerprint density at radius 2 is 1.17 bits per heavy atom. The first-order valence-corrected chi connectivity index (χ1v) is 18.3. The molecule has 0 bridgehead atoms. The topological polar surface area (TPSA) is 69.6 Å². The SMILES string of the molecule is c1ccc(-c2nc(-c3ccc4c(c3)c3ccccc3n4-c3ccccc3)nc(-c3cccc4sc5cc(-c6nc7ccccc7o6)ccc5c34)n2)cc1. The van der Waals surface area contributed by atoms with Gasteiger partial charge < -0.3 is 8.98 Å². The average molecular weight is 698 g/mol. The summed E-state index contributed by atoms with van der Waals surface area (Å²) in [6.45, 7) is 0. The normalized spacial score (nSPS) is 11.8. The van der Waals surface area contributed by atoms with E-state index in [4.69, 9.17) is 24.4 Å². The van der Waals surface area contributed by atoms with Crippen LogP contribution in [0.3, 0.4) is 0 Å². The molecule has 0 fully saturated rings. The van der Waals surface area contributed by atoms with Crippen molar-refractivity contribution in [1.29, 1.82) is 0 Å². The summed E-state index contributed by atoms with van der Waals surface area (Å²) in [6.07, 6.45) is 0. The van der Waals surface area contributed by atoms with E-state index in [-0.39, 0.29) is 0 Å². The van der Waals surface area contributed by atoms with Gasteiger partial charge in [-0.05, 0) is 66.7 Å². The van der Waals surface area contributed by atoms with Crippen LogP contribution in [0.15, 0.2) is 168 Å². The maximum atomic E-state index is 6.12. The third-order valence-corrected chi connectivity index (χ3v) is 11.0. The van der Waals surface area contributed by atoms with Crippen molar-refractivity contribution >= 4 is 64.4 Å². The molecule has 11 rings (SSSR count). The van der Waals surface area contributed by atoms with Crippen LogP contribution in [0.2, 0.25) is 0 Å². The summed E-state index contributed by atoms with van der Waals surface area (Å²) in [5.41, 5.74) is 8.81. The fraction of sp³-hybridized carbons (Fsp3) is 0. The van der Waals surface area contributed by atoms with Crippen LogP contribution in [0, 0.1) is 0 Å². The van der Waals surface area contributed by atoms with Crippen molar-refractivity contribution in [2.24, 2.45) is 0 Å². The highest BCUT2D eigenvalue weighted by Crippen LogP contribution is 2.42. The summed E-state index contributed by atoms with van der Waals surface area (Å²) >= 11 is 1.75. The molecule has 0 spiro atoms. The smallest absolute Gasteiger partial charge is 0.227 e. The second-order valence-corrected chi connectivity index (χ2v) is 14.2. The molecule has 248 valence electrons. The molecule has 0 aliphatic carbocycles. The standard InChI is InChI=1S/C46H27N5OS/c1-3-12-28(13-4-1)43-48-44(29-23-25-38-35(26-29)32-16-7-9-19-37(32)51(38)31-14-5-2-6-15-31)50-45(49-43)34-17-11-21-40-42(34)33-24-22-30(27-41(33)53-40)46-47-36-18-8-10-20-39(36)52-46/h1-27H. The zero-order valence-electron chi connectivity index (χ0n) is 28.1. The number of nitrogens with zero attached hydrogens (tertiary/aromatic N) is 5. The van der Waals surface area contributed by atoms with Crippen molar-refractivity contribution in [3.05, 3.63) is 164 Å². The first-order valence-electron chi connectivity index (χ1n) is 17.5. The second kappa shape index (κ2) is 11.8. The minimum Gasteiger partial charge on any atom is -0.436 e. The number of thiophene rings is 1. The first kappa shape index (κ1) is 29.7. The number of rotatable bonds is 5. The van der Waals surface area contributed by atoms with Gasteiger partial charge in [-0.25, -0.2) is 19.9 Å². The van der Waals surface area contributed by atoms with Gasteiger partial charge >= 0.3 is 0 Å². The largest absolute Gasteiger partial charge is 0.436 e. The Balaban J connectivity index is 1.10. The van der Waals surface area contributed by atoms with E-state index in [1.807, 2.05) is 54.6 Å². The maximum Gasteiger partial charge on any atom is 0.227 e. The fourth-order valence-corrected chi connectivity index (χ4v) is 8.62. The predicted octanol–water partition coefficient (Wildman–Crippen LogP) is 12.1. The number of hydrogen-bond acceptors (Lipinski definition) is 6. The van der Waals surface area contributed by atoms with Crippen LogP contribution in [0.25, 0.3) is 104 Å². The van der Waals surface area contributed by atoms with E-state index in [2.05, 4.69) is 114 Å². The highest BCUT2D eigenvalue weighted by atomic mass is 32.1. The van der Waals surface area contributed by atoms with Crippen molar-refractivity contribution in [3.63, 3.8) is 0 Å². The molecular weight excluding hydrogens is 671 g/mol. The quantitative estimate of drug-likeness (QED) is 0.179. The molecular formula is C46H27N5OS. The minimum absolute atomic E-state index is 0.615. The average Bonchev–Trinajstić information content (AvgIpc) is 3.93. The van der Waals surface area contributed by atoms with Crippen LogP contribution in [0.5, 0.6) is 0 Å². The maximum absolute atomic E-state index is 6.12. The molecule has 6 nitrogen and oxygen atoms in total. The van der Waals surface area contributed by atoms with E-state index in [0.717, 1.165) is 75.6 Å². The summed E-state index contributed by atoms with van der Waals surface area (Å²) in [5, 5.41) is 4.58. The summed E-state index contributed by atoms with van der Waals surface area (Å²) in [7, 11) is 0. The lowest BCUT2D eigenvalue weighted by atomic mass is 10.0. The Labute approximate surface area is 307 Å². The number of fused-ring (bicyclic) bond motifs is 7. The van der Waals surface area contributed by atoms with Crippen molar-refractivity contribution in [1.82, 2.24) is 24.5 Å². The van der Waals surface area contributed by atoms with Crippen LogP contribution in [0.4, 0.5) is 0 Å². The number of hydrogen-bond donors (Lipinski definition) is 0. The molecule has 7 heteroatoms. The molecule has 0 atom stereocenters.